The second-order valence-corrected chi connectivity index (χ2v) is 6.57. The summed E-state index contributed by atoms with van der Waals surface area (Å²) in [5, 5.41) is 14.9. The predicted octanol–water partition coefficient (Wildman–Crippen LogP) is 4.62. The third kappa shape index (κ3) is 3.67. The number of amides is 1. The van der Waals surface area contributed by atoms with Gasteiger partial charge in [0.05, 0.1) is 18.0 Å². The lowest BCUT2D eigenvalue weighted by molar-refractivity contribution is 0.0944. The molecule has 2 aromatic carbocycles. The van der Waals surface area contributed by atoms with Crippen LogP contribution in [0.3, 0.4) is 0 Å². The molecule has 0 aliphatic heterocycles. The molecule has 4 nitrogen and oxygen atoms in total. The summed E-state index contributed by atoms with van der Waals surface area (Å²) in [6.07, 6.45) is 0. The third-order valence-corrected chi connectivity index (χ3v) is 4.92. The van der Waals surface area contributed by atoms with Crippen molar-refractivity contribution >= 4 is 17.2 Å². The van der Waals surface area contributed by atoms with E-state index in [4.69, 9.17) is 4.74 Å². The predicted molar refractivity (Wildman–Crippen MR) is 100 cm³/mol. The number of carbonyl (C=O) groups is 1. The van der Waals surface area contributed by atoms with Crippen LogP contribution in [0.1, 0.15) is 28.2 Å². The summed E-state index contributed by atoms with van der Waals surface area (Å²) in [4.78, 5) is 13.4. The highest BCUT2D eigenvalue weighted by Gasteiger charge is 2.19. The minimum Gasteiger partial charge on any atom is -0.508 e. The van der Waals surface area contributed by atoms with Crippen LogP contribution in [0, 0.1) is 0 Å². The van der Waals surface area contributed by atoms with Crippen molar-refractivity contribution in [3.63, 3.8) is 0 Å². The summed E-state index contributed by atoms with van der Waals surface area (Å²) < 4.78 is 5.19. The third-order valence-electron chi connectivity index (χ3n) is 4.01. The van der Waals surface area contributed by atoms with Gasteiger partial charge in [0.1, 0.15) is 11.5 Å². The summed E-state index contributed by atoms with van der Waals surface area (Å²) in [6.45, 7) is 1.84. The van der Waals surface area contributed by atoms with Crippen LogP contribution >= 0.6 is 11.3 Å². The molecular weight excluding hydrogens is 334 g/mol. The van der Waals surface area contributed by atoms with E-state index in [9.17, 15) is 9.90 Å². The van der Waals surface area contributed by atoms with Gasteiger partial charge in [0.2, 0.25) is 0 Å². The van der Waals surface area contributed by atoms with Gasteiger partial charge >= 0.3 is 0 Å². The summed E-state index contributed by atoms with van der Waals surface area (Å²) in [6, 6.07) is 16.4. The molecule has 0 aliphatic rings. The molecule has 0 aliphatic carbocycles. The van der Waals surface area contributed by atoms with Crippen LogP contribution in [-0.2, 0) is 0 Å². The van der Waals surface area contributed by atoms with E-state index in [0.717, 1.165) is 11.1 Å². The van der Waals surface area contributed by atoms with E-state index < -0.39 is 0 Å². The van der Waals surface area contributed by atoms with E-state index in [2.05, 4.69) is 5.32 Å². The van der Waals surface area contributed by atoms with E-state index in [1.807, 2.05) is 48.7 Å². The molecule has 25 heavy (non-hydrogen) atoms. The maximum absolute atomic E-state index is 12.7. The minimum absolute atomic E-state index is 0.128. The fourth-order valence-electron chi connectivity index (χ4n) is 2.68. The fourth-order valence-corrected chi connectivity index (χ4v) is 3.50. The quantitative estimate of drug-likeness (QED) is 0.704. The molecule has 1 atom stereocenters. The monoisotopic (exact) mass is 353 g/mol. The topological polar surface area (TPSA) is 58.6 Å². The standard InChI is InChI=1S/C20H19NO3S/c1-13(17-12-15(24-2)8-9-18(17)22)21-20(23)19-16(10-11-25-19)14-6-4-3-5-7-14/h3-13,22H,1-2H3,(H,21,23)/t13-/m0/s1. The number of benzene rings is 2. The lowest BCUT2D eigenvalue weighted by Crippen LogP contribution is -2.26. The minimum atomic E-state index is -0.353. The number of rotatable bonds is 5. The van der Waals surface area contributed by atoms with Crippen molar-refractivity contribution in [2.45, 2.75) is 13.0 Å². The zero-order chi connectivity index (χ0) is 17.8. The van der Waals surface area contributed by atoms with Crippen molar-refractivity contribution in [3.8, 4) is 22.6 Å². The first-order valence-electron chi connectivity index (χ1n) is 7.91. The Morgan fingerprint density at radius 1 is 1.16 bits per heavy atom. The first-order valence-corrected chi connectivity index (χ1v) is 8.79. The van der Waals surface area contributed by atoms with Gasteiger partial charge in [0.25, 0.3) is 5.91 Å². The van der Waals surface area contributed by atoms with E-state index in [0.29, 0.717) is 16.2 Å². The van der Waals surface area contributed by atoms with Gasteiger partial charge in [0.15, 0.2) is 0 Å². The summed E-state index contributed by atoms with van der Waals surface area (Å²) in [5.41, 5.74) is 2.53. The SMILES string of the molecule is COc1ccc(O)c([C@H](C)NC(=O)c2sccc2-c2ccccc2)c1. The van der Waals surface area contributed by atoms with Crippen LogP contribution in [-0.4, -0.2) is 18.1 Å². The highest BCUT2D eigenvalue weighted by molar-refractivity contribution is 7.12. The second kappa shape index (κ2) is 7.40. The number of aromatic hydroxyl groups is 1. The molecule has 0 fully saturated rings. The van der Waals surface area contributed by atoms with Gasteiger partial charge < -0.3 is 15.2 Å². The van der Waals surface area contributed by atoms with Crippen molar-refractivity contribution in [3.05, 3.63) is 70.4 Å². The van der Waals surface area contributed by atoms with Gasteiger partial charge in [-0.15, -0.1) is 11.3 Å². The van der Waals surface area contributed by atoms with Crippen molar-refractivity contribution in [2.24, 2.45) is 0 Å². The Kier molecular flexibility index (Phi) is 5.05. The first-order chi connectivity index (χ1) is 12.1. The number of carbonyl (C=O) groups excluding carboxylic acids is 1. The number of nitrogens with one attached hydrogen (secondary N) is 1. The Bertz CT molecular complexity index is 874. The lowest BCUT2D eigenvalue weighted by atomic mass is 10.0. The Balaban J connectivity index is 1.83. The van der Waals surface area contributed by atoms with Gasteiger partial charge in [-0.1, -0.05) is 30.3 Å². The van der Waals surface area contributed by atoms with Crippen LogP contribution < -0.4 is 10.1 Å². The van der Waals surface area contributed by atoms with Gasteiger partial charge in [-0.3, -0.25) is 4.79 Å². The van der Waals surface area contributed by atoms with Gasteiger partial charge in [-0.2, -0.15) is 0 Å². The number of phenolic OH excluding ortho intramolecular Hbond substituents is 1. The Morgan fingerprint density at radius 3 is 2.64 bits per heavy atom. The van der Waals surface area contributed by atoms with Crippen LogP contribution in [0.25, 0.3) is 11.1 Å². The largest absolute Gasteiger partial charge is 0.508 e. The number of thiophene rings is 1. The maximum atomic E-state index is 12.7. The van der Waals surface area contributed by atoms with Gasteiger partial charge in [0, 0.05) is 11.1 Å². The fraction of sp³-hybridized carbons (Fsp3) is 0.150. The molecule has 128 valence electrons. The summed E-state index contributed by atoms with van der Waals surface area (Å²) in [5.74, 6) is 0.599. The normalized spacial score (nSPS) is 11.8. The molecule has 3 rings (SSSR count). The highest BCUT2D eigenvalue weighted by Crippen LogP contribution is 2.31. The lowest BCUT2D eigenvalue weighted by Gasteiger charge is -2.16. The Hall–Kier alpha value is -2.79. The van der Waals surface area contributed by atoms with Crippen molar-refractivity contribution in [2.75, 3.05) is 7.11 Å². The molecule has 1 amide bonds. The second-order valence-electron chi connectivity index (χ2n) is 5.65. The molecular formula is C20H19NO3S. The molecule has 0 unspecified atom stereocenters. The van der Waals surface area contributed by atoms with Gasteiger partial charge in [-0.25, -0.2) is 0 Å². The molecule has 0 saturated heterocycles. The molecule has 2 N–H and O–H groups in total. The molecule has 0 spiro atoms. The zero-order valence-electron chi connectivity index (χ0n) is 14.0. The van der Waals surface area contributed by atoms with Crippen molar-refractivity contribution in [1.29, 1.82) is 0 Å². The van der Waals surface area contributed by atoms with Gasteiger partial charge in [-0.05, 0) is 42.1 Å². The Morgan fingerprint density at radius 2 is 1.92 bits per heavy atom. The molecule has 1 aromatic heterocycles. The smallest absolute Gasteiger partial charge is 0.262 e. The first kappa shape index (κ1) is 17.0. The average Bonchev–Trinajstić information content (AvgIpc) is 3.12. The van der Waals surface area contributed by atoms with E-state index in [1.54, 1.807) is 25.3 Å². The van der Waals surface area contributed by atoms with Crippen LogP contribution in [0.15, 0.2) is 60.0 Å². The summed E-state index contributed by atoms with van der Waals surface area (Å²) >= 11 is 1.40. The van der Waals surface area contributed by atoms with Crippen molar-refractivity contribution in [1.82, 2.24) is 5.32 Å². The van der Waals surface area contributed by atoms with Crippen LogP contribution in [0.2, 0.25) is 0 Å². The van der Waals surface area contributed by atoms with Crippen LogP contribution in [0.4, 0.5) is 0 Å². The molecule has 0 saturated carbocycles. The highest BCUT2D eigenvalue weighted by atomic mass is 32.1. The zero-order valence-corrected chi connectivity index (χ0v) is 14.8. The maximum Gasteiger partial charge on any atom is 0.262 e. The number of hydrogen-bond acceptors (Lipinski definition) is 4. The number of ether oxygens (including phenoxy) is 1. The molecule has 3 aromatic rings. The Labute approximate surface area is 150 Å². The molecule has 5 heteroatoms. The van der Waals surface area contributed by atoms with E-state index in [-0.39, 0.29) is 17.7 Å². The summed E-state index contributed by atoms with van der Waals surface area (Å²) in [7, 11) is 1.57. The van der Waals surface area contributed by atoms with E-state index >= 15 is 0 Å². The molecule has 0 bridgehead atoms. The van der Waals surface area contributed by atoms with Crippen molar-refractivity contribution < 1.29 is 14.6 Å². The van der Waals surface area contributed by atoms with E-state index in [1.165, 1.54) is 11.3 Å². The molecule has 1 heterocycles. The molecule has 0 radical (unpaired) electrons. The average molecular weight is 353 g/mol. The van der Waals surface area contributed by atoms with Crippen LogP contribution in [0.5, 0.6) is 11.5 Å². The number of phenols is 1. The number of hydrogen-bond donors (Lipinski definition) is 2. The number of methoxy groups -OCH3 is 1.